The van der Waals surface area contributed by atoms with Gasteiger partial charge in [-0.1, -0.05) is 18.2 Å². The number of para-hydroxylation sites is 1. The summed E-state index contributed by atoms with van der Waals surface area (Å²) in [6, 6.07) is 7.08. The summed E-state index contributed by atoms with van der Waals surface area (Å²) in [5.41, 5.74) is 0. The number of halogens is 17. The fourth-order valence-electron chi connectivity index (χ4n) is 2.51. The van der Waals surface area contributed by atoms with Gasteiger partial charge in [-0.25, -0.2) is 0 Å². The monoisotopic (exact) mass is 568 g/mol. The summed E-state index contributed by atoms with van der Waals surface area (Å²) >= 11 is 0. The summed E-state index contributed by atoms with van der Waals surface area (Å²) in [4.78, 5) is 0. The van der Waals surface area contributed by atoms with Crippen LogP contribution < -0.4 is 4.74 Å². The Labute approximate surface area is 190 Å². The normalized spacial score (nSPS) is 15.2. The Bertz CT molecular complexity index is 860. The van der Waals surface area contributed by atoms with Gasteiger partial charge in [0.05, 0.1) is 6.61 Å². The molecule has 0 fully saturated rings. The molecular formula is C18H13F17O. The van der Waals surface area contributed by atoms with Crippen LogP contribution in [0.1, 0.15) is 19.3 Å². The Kier molecular flexibility index (Phi) is 8.51. The lowest BCUT2D eigenvalue weighted by Gasteiger charge is -2.42. The molecule has 0 aliphatic rings. The van der Waals surface area contributed by atoms with Gasteiger partial charge in [-0.2, -0.15) is 74.6 Å². The van der Waals surface area contributed by atoms with Gasteiger partial charge < -0.3 is 4.74 Å². The number of hydrogen-bond acceptors (Lipinski definition) is 1. The van der Waals surface area contributed by atoms with Crippen LogP contribution in [0.15, 0.2) is 30.3 Å². The first-order chi connectivity index (χ1) is 15.8. The predicted molar refractivity (Wildman–Crippen MR) is 86.5 cm³/mol. The maximum absolute atomic E-state index is 13.7. The SMILES string of the molecule is FC(F)(F)C(F)(F)C(F)(F)C(F)(F)C(F)(F)C(F)(F)C(F)(F)C(F)(F)CCCCOc1ccccc1. The van der Waals surface area contributed by atoms with E-state index in [-0.39, 0.29) is 5.75 Å². The maximum atomic E-state index is 13.7. The molecule has 0 radical (unpaired) electrons. The average Bonchev–Trinajstić information content (AvgIpc) is 2.72. The lowest BCUT2D eigenvalue weighted by molar-refractivity contribution is -0.461. The van der Waals surface area contributed by atoms with Gasteiger partial charge in [0.25, 0.3) is 0 Å². The minimum absolute atomic E-state index is 0.125. The van der Waals surface area contributed by atoms with Crippen molar-refractivity contribution in [2.45, 2.75) is 66.9 Å². The van der Waals surface area contributed by atoms with Crippen LogP contribution in [0.25, 0.3) is 0 Å². The summed E-state index contributed by atoms with van der Waals surface area (Å²) in [5.74, 6) is -55.9. The second-order valence-corrected chi connectivity index (χ2v) is 7.27. The van der Waals surface area contributed by atoms with Crippen LogP contribution in [0.4, 0.5) is 74.6 Å². The van der Waals surface area contributed by atoms with Crippen molar-refractivity contribution in [2.75, 3.05) is 6.61 Å². The van der Waals surface area contributed by atoms with Gasteiger partial charge in [-0.15, -0.1) is 0 Å². The third-order valence-corrected chi connectivity index (χ3v) is 4.68. The van der Waals surface area contributed by atoms with Crippen molar-refractivity contribution in [1.82, 2.24) is 0 Å². The van der Waals surface area contributed by atoms with Crippen LogP contribution in [0, 0.1) is 0 Å². The number of rotatable bonds is 12. The Morgan fingerprint density at radius 3 is 1.28 bits per heavy atom. The largest absolute Gasteiger partial charge is 0.494 e. The fraction of sp³-hybridized carbons (Fsp3) is 0.667. The van der Waals surface area contributed by atoms with E-state index in [0.717, 1.165) is 0 Å². The van der Waals surface area contributed by atoms with Gasteiger partial charge in [0.2, 0.25) is 0 Å². The van der Waals surface area contributed by atoms with Crippen LogP contribution in [-0.2, 0) is 0 Å². The molecule has 1 rings (SSSR count). The van der Waals surface area contributed by atoms with Gasteiger partial charge in [0.1, 0.15) is 5.75 Å². The highest BCUT2D eigenvalue weighted by Gasteiger charge is 2.95. The number of alkyl halides is 17. The van der Waals surface area contributed by atoms with E-state index >= 15 is 0 Å². The van der Waals surface area contributed by atoms with E-state index in [1.807, 2.05) is 0 Å². The lowest BCUT2D eigenvalue weighted by atomic mass is 9.88. The van der Waals surface area contributed by atoms with E-state index in [2.05, 4.69) is 0 Å². The van der Waals surface area contributed by atoms with E-state index in [1.54, 1.807) is 0 Å². The maximum Gasteiger partial charge on any atom is 0.460 e. The van der Waals surface area contributed by atoms with E-state index < -0.39 is 73.5 Å². The van der Waals surface area contributed by atoms with Gasteiger partial charge in [-0.3, -0.25) is 0 Å². The third-order valence-electron chi connectivity index (χ3n) is 4.68. The second kappa shape index (κ2) is 9.61. The first kappa shape index (κ1) is 31.9. The molecule has 0 N–H and O–H groups in total. The van der Waals surface area contributed by atoms with Crippen LogP contribution in [0.5, 0.6) is 5.75 Å². The molecule has 1 aromatic carbocycles. The van der Waals surface area contributed by atoms with Crippen molar-refractivity contribution in [3.05, 3.63) is 30.3 Å². The quantitative estimate of drug-likeness (QED) is 0.182. The molecule has 0 aromatic heterocycles. The molecule has 0 atom stereocenters. The zero-order valence-corrected chi connectivity index (χ0v) is 17.0. The second-order valence-electron chi connectivity index (χ2n) is 7.27. The fourth-order valence-corrected chi connectivity index (χ4v) is 2.51. The first-order valence-corrected chi connectivity index (χ1v) is 9.22. The standard InChI is InChI=1S/C18H13F17O/c19-11(20,8-4-5-9-36-10-6-2-1-3-7-10)12(21,22)13(23,24)14(25,26)15(27,28)16(29,30)17(31,32)18(33,34)35/h1-3,6-7H,4-5,8-9H2. The zero-order chi connectivity index (χ0) is 28.6. The predicted octanol–water partition coefficient (Wildman–Crippen LogP) is 8.25. The molecule has 0 spiro atoms. The summed E-state index contributed by atoms with van der Waals surface area (Å²) in [7, 11) is 0. The molecular weight excluding hydrogens is 555 g/mol. The van der Waals surface area contributed by atoms with Crippen LogP contribution in [0.2, 0.25) is 0 Å². The minimum atomic E-state index is -8.61. The summed E-state index contributed by atoms with van der Waals surface area (Å²) in [6.07, 6.45) is -12.1. The lowest BCUT2D eigenvalue weighted by Crippen LogP contribution is -2.74. The molecule has 0 aliphatic heterocycles. The van der Waals surface area contributed by atoms with E-state index in [1.165, 1.54) is 30.3 Å². The van der Waals surface area contributed by atoms with Crippen molar-refractivity contribution >= 4 is 0 Å². The molecule has 0 aliphatic carbocycles. The third kappa shape index (κ3) is 4.99. The summed E-state index contributed by atoms with van der Waals surface area (Å²) in [6.45, 7) is -0.533. The topological polar surface area (TPSA) is 9.23 Å². The summed E-state index contributed by atoms with van der Waals surface area (Å²) < 4.78 is 229. The van der Waals surface area contributed by atoms with Gasteiger partial charge in [-0.05, 0) is 25.0 Å². The molecule has 0 saturated heterocycles. The number of ether oxygens (including phenoxy) is 1. The highest BCUT2D eigenvalue weighted by molar-refractivity contribution is 5.20. The van der Waals surface area contributed by atoms with Gasteiger partial charge in [0, 0.05) is 6.42 Å². The van der Waals surface area contributed by atoms with Crippen molar-refractivity contribution in [3.8, 4) is 5.75 Å². The highest BCUT2D eigenvalue weighted by atomic mass is 19.4. The Morgan fingerprint density at radius 1 is 0.472 bits per heavy atom. The van der Waals surface area contributed by atoms with Crippen LogP contribution in [0.3, 0.4) is 0 Å². The minimum Gasteiger partial charge on any atom is -0.494 e. The van der Waals surface area contributed by atoms with Crippen molar-refractivity contribution in [2.24, 2.45) is 0 Å². The molecule has 0 unspecified atom stereocenters. The van der Waals surface area contributed by atoms with E-state index in [0.29, 0.717) is 0 Å². The number of hydrogen-bond donors (Lipinski definition) is 0. The molecule has 0 heterocycles. The highest BCUT2D eigenvalue weighted by Crippen LogP contribution is 2.64. The summed E-state index contributed by atoms with van der Waals surface area (Å²) in [5, 5.41) is 0. The zero-order valence-electron chi connectivity index (χ0n) is 17.0. The van der Waals surface area contributed by atoms with E-state index in [9.17, 15) is 74.6 Å². The van der Waals surface area contributed by atoms with Crippen LogP contribution >= 0.6 is 0 Å². The first-order valence-electron chi connectivity index (χ1n) is 9.22. The van der Waals surface area contributed by atoms with Crippen LogP contribution in [-0.4, -0.2) is 54.2 Å². The molecule has 0 saturated carbocycles. The molecule has 0 amide bonds. The molecule has 18 heteroatoms. The van der Waals surface area contributed by atoms with Crippen molar-refractivity contribution in [1.29, 1.82) is 0 Å². The smallest absolute Gasteiger partial charge is 0.460 e. The van der Waals surface area contributed by atoms with Crippen molar-refractivity contribution in [3.63, 3.8) is 0 Å². The molecule has 1 aromatic rings. The Balaban J connectivity index is 3.16. The van der Waals surface area contributed by atoms with Gasteiger partial charge >= 0.3 is 47.6 Å². The molecule has 210 valence electrons. The van der Waals surface area contributed by atoms with Crippen molar-refractivity contribution < 1.29 is 79.4 Å². The Hall–Kier alpha value is -2.17. The Morgan fingerprint density at radius 2 is 0.861 bits per heavy atom. The number of unbranched alkanes of at least 4 members (excludes halogenated alkanes) is 1. The molecule has 36 heavy (non-hydrogen) atoms. The molecule has 1 nitrogen and oxygen atoms in total. The van der Waals surface area contributed by atoms with E-state index in [4.69, 9.17) is 4.74 Å². The van der Waals surface area contributed by atoms with Gasteiger partial charge in [0.15, 0.2) is 0 Å². The average molecular weight is 568 g/mol. The molecule has 0 bridgehead atoms. The number of benzene rings is 1.